The quantitative estimate of drug-likeness (QED) is 0.491. The Kier molecular flexibility index (Phi) is 5.55. The maximum atomic E-state index is 11.2. The Bertz CT molecular complexity index is 1100. The van der Waals surface area contributed by atoms with E-state index in [1.807, 2.05) is 43.3 Å². The summed E-state index contributed by atoms with van der Waals surface area (Å²) < 4.78 is 21.3. The average molecular weight is 427 g/mol. The minimum Gasteiger partial charge on any atom is -0.384 e. The normalized spacial score (nSPS) is 16.6. The highest BCUT2D eigenvalue weighted by atomic mass is 32.3. The van der Waals surface area contributed by atoms with Crippen molar-refractivity contribution in [2.75, 3.05) is 29.1 Å². The van der Waals surface area contributed by atoms with Crippen LogP contribution in [-0.2, 0) is 11.3 Å². The molecular formula is C22H26N4O3S. The summed E-state index contributed by atoms with van der Waals surface area (Å²) in [5.41, 5.74) is 9.01. The molecule has 0 saturated carbocycles. The SMILES string of the molecule is Cc1ccc2nc(N3CCS(O)(O)c4ccccc4C3)cc(NCCC(N)=O)c2c1. The molecule has 158 valence electrons. The topological polar surface area (TPSA) is 112 Å². The molecule has 0 radical (unpaired) electrons. The number of hydrogen-bond acceptors (Lipinski definition) is 6. The molecular weight excluding hydrogens is 400 g/mol. The first-order valence-electron chi connectivity index (χ1n) is 9.86. The zero-order valence-electron chi connectivity index (χ0n) is 16.8. The molecule has 3 aromatic rings. The molecule has 1 aliphatic rings. The lowest BCUT2D eigenvalue weighted by Crippen LogP contribution is -2.26. The monoisotopic (exact) mass is 426 g/mol. The maximum absolute atomic E-state index is 11.2. The largest absolute Gasteiger partial charge is 0.384 e. The van der Waals surface area contributed by atoms with Crippen LogP contribution in [0, 0.1) is 6.92 Å². The van der Waals surface area contributed by atoms with Crippen LogP contribution >= 0.6 is 10.6 Å². The molecule has 8 heteroatoms. The van der Waals surface area contributed by atoms with Gasteiger partial charge in [0, 0.05) is 43.2 Å². The van der Waals surface area contributed by atoms with E-state index in [-0.39, 0.29) is 18.1 Å². The average Bonchev–Trinajstić information content (AvgIpc) is 2.84. The van der Waals surface area contributed by atoms with Crippen LogP contribution in [0.4, 0.5) is 11.5 Å². The second-order valence-corrected chi connectivity index (χ2v) is 9.77. The third-order valence-electron chi connectivity index (χ3n) is 5.29. The van der Waals surface area contributed by atoms with E-state index < -0.39 is 10.6 Å². The molecule has 1 aromatic heterocycles. The fourth-order valence-corrected chi connectivity index (χ4v) is 5.28. The number of nitrogens with zero attached hydrogens (tertiary/aromatic N) is 2. The van der Waals surface area contributed by atoms with Crippen molar-refractivity contribution in [1.82, 2.24) is 4.98 Å². The van der Waals surface area contributed by atoms with Gasteiger partial charge in [0.05, 0.1) is 16.2 Å². The van der Waals surface area contributed by atoms with Gasteiger partial charge in [0.2, 0.25) is 5.91 Å². The number of carbonyl (C=O) groups excluding carboxylic acids is 1. The Morgan fingerprint density at radius 1 is 1.23 bits per heavy atom. The number of anilines is 2. The van der Waals surface area contributed by atoms with E-state index in [9.17, 15) is 13.9 Å². The van der Waals surface area contributed by atoms with E-state index in [0.717, 1.165) is 33.5 Å². The third kappa shape index (κ3) is 4.21. The van der Waals surface area contributed by atoms with Gasteiger partial charge in [-0.25, -0.2) is 4.98 Å². The van der Waals surface area contributed by atoms with Gasteiger partial charge in [-0.1, -0.05) is 29.8 Å². The molecule has 7 nitrogen and oxygen atoms in total. The molecule has 30 heavy (non-hydrogen) atoms. The smallest absolute Gasteiger partial charge is 0.219 e. The zero-order chi connectivity index (χ0) is 21.3. The van der Waals surface area contributed by atoms with Gasteiger partial charge in [0.15, 0.2) is 0 Å². The van der Waals surface area contributed by atoms with E-state index in [1.54, 1.807) is 6.07 Å². The molecule has 0 bridgehead atoms. The van der Waals surface area contributed by atoms with Gasteiger partial charge >= 0.3 is 0 Å². The molecule has 0 fully saturated rings. The summed E-state index contributed by atoms with van der Waals surface area (Å²) >= 11 is 0. The fraction of sp³-hybridized carbons (Fsp3) is 0.273. The first-order chi connectivity index (χ1) is 14.3. The lowest BCUT2D eigenvalue weighted by molar-refractivity contribution is -0.117. The molecule has 2 heterocycles. The van der Waals surface area contributed by atoms with Gasteiger partial charge < -0.3 is 16.0 Å². The van der Waals surface area contributed by atoms with Crippen LogP contribution < -0.4 is 16.0 Å². The zero-order valence-corrected chi connectivity index (χ0v) is 17.7. The van der Waals surface area contributed by atoms with E-state index in [4.69, 9.17) is 10.7 Å². The molecule has 2 aromatic carbocycles. The number of fused-ring (bicyclic) bond motifs is 2. The van der Waals surface area contributed by atoms with Crippen molar-refractivity contribution >= 4 is 38.9 Å². The van der Waals surface area contributed by atoms with E-state index >= 15 is 0 Å². The molecule has 1 amide bonds. The van der Waals surface area contributed by atoms with E-state index in [0.29, 0.717) is 24.5 Å². The number of rotatable bonds is 5. The minimum absolute atomic E-state index is 0.239. The van der Waals surface area contributed by atoms with Gasteiger partial charge in [-0.3, -0.25) is 13.9 Å². The summed E-state index contributed by atoms with van der Waals surface area (Å²) in [6, 6.07) is 15.5. The molecule has 5 N–H and O–H groups in total. The number of primary amides is 1. The first-order valence-corrected chi connectivity index (χ1v) is 11.6. The van der Waals surface area contributed by atoms with Crippen molar-refractivity contribution in [1.29, 1.82) is 0 Å². The van der Waals surface area contributed by atoms with Crippen molar-refractivity contribution in [3.63, 3.8) is 0 Å². The summed E-state index contributed by atoms with van der Waals surface area (Å²) in [4.78, 5) is 18.7. The van der Waals surface area contributed by atoms with E-state index in [2.05, 4.69) is 16.3 Å². The molecule has 0 spiro atoms. The fourth-order valence-electron chi connectivity index (χ4n) is 3.74. The Labute approximate surface area is 177 Å². The highest BCUT2D eigenvalue weighted by molar-refractivity contribution is 8.24. The number of hydrogen-bond donors (Lipinski definition) is 4. The van der Waals surface area contributed by atoms with Crippen LogP contribution in [0.3, 0.4) is 0 Å². The number of pyridine rings is 1. The van der Waals surface area contributed by atoms with Gasteiger partial charge in [-0.05, 0) is 30.7 Å². The van der Waals surface area contributed by atoms with Crippen LogP contribution in [0.1, 0.15) is 17.5 Å². The minimum atomic E-state index is -2.84. The number of nitrogens with one attached hydrogen (secondary N) is 1. The molecule has 0 saturated heterocycles. The predicted molar refractivity (Wildman–Crippen MR) is 122 cm³/mol. The molecule has 0 aliphatic carbocycles. The van der Waals surface area contributed by atoms with Crippen molar-refractivity contribution in [3.8, 4) is 0 Å². The van der Waals surface area contributed by atoms with E-state index in [1.165, 1.54) is 0 Å². The number of aromatic nitrogens is 1. The standard InChI is InChI=1S/C22H26N4O3S/c1-15-6-7-18-17(12-15)19(24-9-8-21(23)27)13-22(25-18)26-10-11-30(28,29)20-5-3-2-4-16(20)14-26/h2-7,12-13,28-29H,8-11,14H2,1H3,(H2,23,27)(H,24,25). The molecule has 0 atom stereocenters. The molecule has 1 aliphatic heterocycles. The van der Waals surface area contributed by atoms with Crippen molar-refractivity contribution in [3.05, 3.63) is 59.7 Å². The number of carbonyl (C=O) groups is 1. The van der Waals surface area contributed by atoms with Crippen LogP contribution in [0.5, 0.6) is 0 Å². The van der Waals surface area contributed by atoms with Gasteiger partial charge in [0.25, 0.3) is 0 Å². The summed E-state index contributed by atoms with van der Waals surface area (Å²) in [5, 5.41) is 4.29. The third-order valence-corrected chi connectivity index (χ3v) is 7.15. The summed E-state index contributed by atoms with van der Waals surface area (Å²) in [6.45, 7) is 3.47. The first kappa shape index (κ1) is 20.5. The number of benzene rings is 2. The van der Waals surface area contributed by atoms with Crippen LogP contribution in [0.25, 0.3) is 10.9 Å². The van der Waals surface area contributed by atoms with Crippen molar-refractivity contribution < 1.29 is 13.9 Å². The molecule has 4 rings (SSSR count). The van der Waals surface area contributed by atoms with Crippen molar-refractivity contribution in [2.45, 2.75) is 24.8 Å². The highest BCUT2D eigenvalue weighted by Gasteiger charge is 2.26. The molecule has 0 unspecified atom stereocenters. The lowest BCUT2D eigenvalue weighted by Gasteiger charge is -2.32. The maximum Gasteiger partial charge on any atom is 0.219 e. The van der Waals surface area contributed by atoms with Crippen LogP contribution in [-0.4, -0.2) is 38.8 Å². The Morgan fingerprint density at radius 2 is 2.03 bits per heavy atom. The Hall–Kier alpha value is -2.81. The van der Waals surface area contributed by atoms with Crippen molar-refractivity contribution in [2.24, 2.45) is 5.73 Å². The van der Waals surface area contributed by atoms with Crippen LogP contribution in [0.2, 0.25) is 0 Å². The number of nitrogens with two attached hydrogens (primary N) is 1. The van der Waals surface area contributed by atoms with Gasteiger partial charge in [0.1, 0.15) is 5.82 Å². The highest BCUT2D eigenvalue weighted by Crippen LogP contribution is 2.51. The number of amides is 1. The number of aryl methyl sites for hydroxylation is 1. The summed E-state index contributed by atoms with van der Waals surface area (Å²) in [6.07, 6.45) is 0.239. The second-order valence-electron chi connectivity index (χ2n) is 7.59. The Morgan fingerprint density at radius 3 is 2.83 bits per heavy atom. The second kappa shape index (κ2) is 8.14. The predicted octanol–water partition coefficient (Wildman–Crippen LogP) is 3.96. The Balaban J connectivity index is 1.73. The summed E-state index contributed by atoms with van der Waals surface area (Å²) in [7, 11) is -2.84. The van der Waals surface area contributed by atoms with Crippen LogP contribution in [0.15, 0.2) is 53.4 Å². The van der Waals surface area contributed by atoms with Gasteiger partial charge in [-0.15, -0.1) is 0 Å². The summed E-state index contributed by atoms with van der Waals surface area (Å²) in [5.74, 6) is 0.647. The van der Waals surface area contributed by atoms with Gasteiger partial charge in [-0.2, -0.15) is 10.6 Å². The lowest BCUT2D eigenvalue weighted by atomic mass is 10.1.